The summed E-state index contributed by atoms with van der Waals surface area (Å²) in [6.07, 6.45) is 1.11. The molecule has 0 saturated heterocycles. The second-order valence-corrected chi connectivity index (χ2v) is 2.64. The number of pyridine rings is 1. The molecule has 0 aliphatic heterocycles. The van der Waals surface area contributed by atoms with Crippen LogP contribution in [0.25, 0.3) is 0 Å². The molecular formula is C5H5Br2N3O2. The van der Waals surface area contributed by atoms with Crippen LogP contribution in [-0.2, 0) is 0 Å². The van der Waals surface area contributed by atoms with E-state index in [9.17, 15) is 10.1 Å². The van der Waals surface area contributed by atoms with Gasteiger partial charge in [-0.25, -0.2) is 4.98 Å². The molecule has 1 aromatic heterocycles. The Bertz CT molecular complexity index is 305. The number of nitrogens with zero attached hydrogens (tertiary/aromatic N) is 2. The molecule has 7 heteroatoms. The van der Waals surface area contributed by atoms with Crippen molar-refractivity contribution in [3.8, 4) is 0 Å². The van der Waals surface area contributed by atoms with Crippen LogP contribution in [0.2, 0.25) is 0 Å². The van der Waals surface area contributed by atoms with Crippen molar-refractivity contribution in [1.82, 2.24) is 4.98 Å². The summed E-state index contributed by atoms with van der Waals surface area (Å²) < 4.78 is 0.487. The normalized spacial score (nSPS) is 8.75. The molecule has 1 aromatic rings. The van der Waals surface area contributed by atoms with Crippen LogP contribution >= 0.6 is 32.9 Å². The van der Waals surface area contributed by atoms with Gasteiger partial charge in [-0.15, -0.1) is 17.0 Å². The van der Waals surface area contributed by atoms with Crippen LogP contribution in [0.4, 0.5) is 11.4 Å². The van der Waals surface area contributed by atoms with Gasteiger partial charge in [0.25, 0.3) is 0 Å². The first kappa shape index (κ1) is 11.3. The molecule has 0 fully saturated rings. The van der Waals surface area contributed by atoms with Crippen molar-refractivity contribution in [2.75, 3.05) is 5.73 Å². The zero-order valence-electron chi connectivity index (χ0n) is 5.73. The summed E-state index contributed by atoms with van der Waals surface area (Å²) in [6.45, 7) is 0. The van der Waals surface area contributed by atoms with Crippen LogP contribution in [0.1, 0.15) is 0 Å². The lowest BCUT2D eigenvalue weighted by molar-refractivity contribution is -0.384. The highest BCUT2D eigenvalue weighted by Crippen LogP contribution is 2.21. The van der Waals surface area contributed by atoms with E-state index >= 15 is 0 Å². The molecule has 1 rings (SSSR count). The van der Waals surface area contributed by atoms with Gasteiger partial charge in [0.2, 0.25) is 0 Å². The first-order valence-corrected chi connectivity index (χ1v) is 3.46. The standard InChI is InChI=1S/C5H4BrN3O2.BrH/c6-5-1-3(7)4(2-8-5)9(10)11;/h1-2H,(H2,7,8);1H. The lowest BCUT2D eigenvalue weighted by Crippen LogP contribution is -1.96. The molecule has 0 spiro atoms. The third-order valence-electron chi connectivity index (χ3n) is 1.08. The fourth-order valence-electron chi connectivity index (χ4n) is 0.589. The van der Waals surface area contributed by atoms with Crippen LogP contribution in [0.3, 0.4) is 0 Å². The summed E-state index contributed by atoms with van der Waals surface area (Å²) in [5.41, 5.74) is 5.25. The number of halogens is 2. The van der Waals surface area contributed by atoms with Gasteiger partial charge in [0, 0.05) is 6.07 Å². The smallest absolute Gasteiger partial charge is 0.310 e. The summed E-state index contributed by atoms with van der Waals surface area (Å²) in [6, 6.07) is 1.39. The summed E-state index contributed by atoms with van der Waals surface area (Å²) in [5, 5.41) is 10.2. The first-order chi connectivity index (χ1) is 5.11. The van der Waals surface area contributed by atoms with Gasteiger partial charge in [0.15, 0.2) is 0 Å². The second-order valence-electron chi connectivity index (χ2n) is 1.82. The van der Waals surface area contributed by atoms with Crippen molar-refractivity contribution in [3.05, 3.63) is 27.0 Å². The Balaban J connectivity index is 0.00000121. The van der Waals surface area contributed by atoms with E-state index in [1.54, 1.807) is 0 Å². The fraction of sp³-hybridized carbons (Fsp3) is 0. The first-order valence-electron chi connectivity index (χ1n) is 2.66. The van der Waals surface area contributed by atoms with Crippen molar-refractivity contribution < 1.29 is 4.92 Å². The molecule has 0 aliphatic carbocycles. The van der Waals surface area contributed by atoms with Gasteiger partial charge in [0.05, 0.1) is 4.92 Å². The number of nitrogen functional groups attached to an aromatic ring is 1. The second kappa shape index (κ2) is 4.36. The summed E-state index contributed by atoms with van der Waals surface area (Å²) in [5.74, 6) is 0. The van der Waals surface area contributed by atoms with Crippen molar-refractivity contribution in [2.45, 2.75) is 0 Å². The molecule has 12 heavy (non-hydrogen) atoms. The molecule has 0 aromatic carbocycles. The van der Waals surface area contributed by atoms with Crippen LogP contribution in [-0.4, -0.2) is 9.91 Å². The highest BCUT2D eigenvalue weighted by atomic mass is 79.9. The zero-order chi connectivity index (χ0) is 8.43. The van der Waals surface area contributed by atoms with Gasteiger partial charge in [-0.1, -0.05) is 0 Å². The molecule has 5 nitrogen and oxygen atoms in total. The average molecular weight is 299 g/mol. The third-order valence-corrected chi connectivity index (χ3v) is 1.51. The van der Waals surface area contributed by atoms with E-state index in [0.717, 1.165) is 6.20 Å². The molecule has 0 radical (unpaired) electrons. The van der Waals surface area contributed by atoms with Crippen molar-refractivity contribution in [1.29, 1.82) is 0 Å². The number of aromatic nitrogens is 1. The molecule has 0 unspecified atom stereocenters. The summed E-state index contributed by atoms with van der Waals surface area (Å²) in [7, 11) is 0. The maximum atomic E-state index is 10.2. The maximum Gasteiger partial charge on any atom is 0.310 e. The van der Waals surface area contributed by atoms with Crippen LogP contribution in [0, 0.1) is 10.1 Å². The number of hydrogen-bond acceptors (Lipinski definition) is 4. The lowest BCUT2D eigenvalue weighted by atomic mass is 10.4. The van der Waals surface area contributed by atoms with Crippen molar-refractivity contribution >= 4 is 44.3 Å². The Labute approximate surface area is 87.0 Å². The number of nitrogens with two attached hydrogens (primary N) is 1. The van der Waals surface area contributed by atoms with Gasteiger partial charge in [-0.2, -0.15) is 0 Å². The van der Waals surface area contributed by atoms with Gasteiger partial charge in [-0.3, -0.25) is 10.1 Å². The van der Waals surface area contributed by atoms with E-state index in [0.29, 0.717) is 4.60 Å². The number of anilines is 1. The van der Waals surface area contributed by atoms with Gasteiger partial charge in [0.1, 0.15) is 16.5 Å². The van der Waals surface area contributed by atoms with E-state index in [4.69, 9.17) is 5.73 Å². The molecule has 0 aliphatic rings. The maximum absolute atomic E-state index is 10.2. The highest BCUT2D eigenvalue weighted by molar-refractivity contribution is 9.10. The van der Waals surface area contributed by atoms with Crippen LogP contribution in [0.15, 0.2) is 16.9 Å². The zero-order valence-corrected chi connectivity index (χ0v) is 9.03. The number of hydrogen-bond donors (Lipinski definition) is 1. The van der Waals surface area contributed by atoms with Crippen LogP contribution in [0.5, 0.6) is 0 Å². The minimum atomic E-state index is -0.575. The largest absolute Gasteiger partial charge is 0.393 e. The van der Waals surface area contributed by atoms with Crippen molar-refractivity contribution in [3.63, 3.8) is 0 Å². The minimum absolute atomic E-state index is 0. The van der Waals surface area contributed by atoms with E-state index in [-0.39, 0.29) is 28.4 Å². The Hall–Kier alpha value is -0.690. The predicted octanol–water partition coefficient (Wildman–Crippen LogP) is 1.91. The molecule has 0 bridgehead atoms. The molecule has 2 N–H and O–H groups in total. The molecule has 0 saturated carbocycles. The third kappa shape index (κ3) is 2.42. The Morgan fingerprint density at radius 3 is 2.67 bits per heavy atom. The van der Waals surface area contributed by atoms with E-state index < -0.39 is 4.92 Å². The van der Waals surface area contributed by atoms with E-state index in [1.807, 2.05) is 0 Å². The minimum Gasteiger partial charge on any atom is -0.393 e. The number of nitro groups is 1. The summed E-state index contributed by atoms with van der Waals surface area (Å²) in [4.78, 5) is 13.3. The SMILES string of the molecule is Br.Nc1cc(Br)ncc1[N+](=O)[O-]. The average Bonchev–Trinajstić information content (AvgIpc) is 1.85. The molecule has 66 valence electrons. The monoisotopic (exact) mass is 297 g/mol. The van der Waals surface area contributed by atoms with Gasteiger partial charge < -0.3 is 5.73 Å². The molecule has 1 heterocycles. The molecule has 0 amide bonds. The molecule has 0 atom stereocenters. The van der Waals surface area contributed by atoms with E-state index in [2.05, 4.69) is 20.9 Å². The predicted molar refractivity (Wildman–Crippen MR) is 53.3 cm³/mol. The Morgan fingerprint density at radius 2 is 2.25 bits per heavy atom. The fourth-order valence-corrected chi connectivity index (χ4v) is 0.938. The van der Waals surface area contributed by atoms with Gasteiger partial charge in [-0.05, 0) is 15.9 Å². The topological polar surface area (TPSA) is 82.0 Å². The lowest BCUT2D eigenvalue weighted by Gasteiger charge is -1.94. The highest BCUT2D eigenvalue weighted by Gasteiger charge is 2.10. The number of rotatable bonds is 1. The molecular weight excluding hydrogens is 294 g/mol. The quantitative estimate of drug-likeness (QED) is 0.488. The van der Waals surface area contributed by atoms with Gasteiger partial charge >= 0.3 is 5.69 Å². The van der Waals surface area contributed by atoms with Crippen molar-refractivity contribution in [2.24, 2.45) is 0 Å². The summed E-state index contributed by atoms with van der Waals surface area (Å²) >= 11 is 3.03. The van der Waals surface area contributed by atoms with Crippen LogP contribution < -0.4 is 5.73 Å². The Kier molecular flexibility index (Phi) is 4.11. The van der Waals surface area contributed by atoms with E-state index in [1.165, 1.54) is 6.07 Å². The Morgan fingerprint density at radius 1 is 1.67 bits per heavy atom.